The van der Waals surface area contributed by atoms with Crippen LogP contribution < -0.4 is 0 Å². The molecule has 70 heavy (non-hydrogen) atoms. The summed E-state index contributed by atoms with van der Waals surface area (Å²) in [6.07, 6.45) is 54.1. The number of benzene rings is 1. The van der Waals surface area contributed by atoms with Crippen LogP contribution in [0.2, 0.25) is 0 Å². The largest absolute Gasteiger partial charge is 0.362 e. The van der Waals surface area contributed by atoms with Crippen molar-refractivity contribution in [2.75, 3.05) is 0 Å². The lowest BCUT2D eigenvalue weighted by atomic mass is 9.70. The molecule has 14 atom stereocenters. The van der Waals surface area contributed by atoms with Crippen molar-refractivity contribution in [1.29, 1.82) is 5.26 Å². The zero-order chi connectivity index (χ0) is 46.2. The summed E-state index contributed by atoms with van der Waals surface area (Å²) < 4.78 is 2.65. The summed E-state index contributed by atoms with van der Waals surface area (Å²) in [6.45, 7) is 2.64. The molecule has 2 aromatic rings. The lowest BCUT2D eigenvalue weighted by Gasteiger charge is -2.66. The van der Waals surface area contributed by atoms with Gasteiger partial charge in [-0.1, -0.05) is 86.2 Å². The molecule has 1 aromatic heterocycles. The molecule has 0 radical (unpaired) electrons. The first kappa shape index (κ1) is 43.1. The molecule has 1 saturated carbocycles. The van der Waals surface area contributed by atoms with Gasteiger partial charge in [0.05, 0.1) is 36.3 Å². The van der Waals surface area contributed by atoms with Gasteiger partial charge in [-0.3, -0.25) is 9.80 Å². The zero-order valence-corrected chi connectivity index (χ0v) is 42.0. The van der Waals surface area contributed by atoms with Crippen LogP contribution in [-0.4, -0.2) is 72.7 Å². The van der Waals surface area contributed by atoms with E-state index in [4.69, 9.17) is 0 Å². The molecular weight excluding hydrogens is 853 g/mol. The summed E-state index contributed by atoms with van der Waals surface area (Å²) in [5, 5.41) is 11.8. The highest BCUT2D eigenvalue weighted by atomic mass is 15.6. The second-order valence-corrected chi connectivity index (χ2v) is 24.4. The molecule has 1 aromatic carbocycles. The van der Waals surface area contributed by atoms with Gasteiger partial charge in [-0.05, 0) is 204 Å². The van der Waals surface area contributed by atoms with Crippen LogP contribution in [0, 0.1) is 40.9 Å². The molecular formula is C64H76N6. The van der Waals surface area contributed by atoms with Crippen molar-refractivity contribution >= 4 is 6.08 Å². The van der Waals surface area contributed by atoms with E-state index < -0.39 is 0 Å². The van der Waals surface area contributed by atoms with Crippen LogP contribution in [0.25, 0.3) is 11.8 Å². The second kappa shape index (κ2) is 17.0. The molecule has 13 aliphatic rings. The van der Waals surface area contributed by atoms with Crippen molar-refractivity contribution in [1.82, 2.24) is 24.2 Å². The molecule has 362 valence electrons. The van der Waals surface area contributed by atoms with Gasteiger partial charge in [0.15, 0.2) is 0 Å². The van der Waals surface area contributed by atoms with E-state index in [0.717, 1.165) is 43.9 Å². The molecule has 14 unspecified atom stereocenters. The molecule has 15 rings (SSSR count). The molecule has 9 aliphatic carbocycles. The number of hydrogen-bond acceptors (Lipinski definition) is 5. The van der Waals surface area contributed by atoms with Crippen LogP contribution in [-0.2, 0) is 12.8 Å². The Balaban J connectivity index is 0.879. The van der Waals surface area contributed by atoms with Crippen LogP contribution in [0.1, 0.15) is 164 Å². The Morgan fingerprint density at radius 1 is 0.714 bits per heavy atom. The average Bonchev–Trinajstić information content (AvgIpc) is 4.04. The number of hydrogen-bond donors (Lipinski definition) is 0. The van der Waals surface area contributed by atoms with Gasteiger partial charge in [0, 0.05) is 58.4 Å². The smallest absolute Gasteiger partial charge is 0.109 e. The lowest BCUT2D eigenvalue weighted by Crippen LogP contribution is -2.76. The Morgan fingerprint density at radius 2 is 1.61 bits per heavy atom. The van der Waals surface area contributed by atoms with Crippen LogP contribution in [0.4, 0.5) is 0 Å². The molecule has 0 bridgehead atoms. The maximum Gasteiger partial charge on any atom is 0.109 e. The maximum absolute atomic E-state index is 11.8. The van der Waals surface area contributed by atoms with E-state index in [0.29, 0.717) is 48.1 Å². The summed E-state index contributed by atoms with van der Waals surface area (Å²) in [4.78, 5) is 12.4. The molecule has 5 heterocycles. The predicted octanol–water partition coefficient (Wildman–Crippen LogP) is 13.4. The van der Waals surface area contributed by atoms with E-state index in [-0.39, 0.29) is 24.2 Å². The molecule has 0 N–H and O–H groups in total. The van der Waals surface area contributed by atoms with Crippen molar-refractivity contribution in [3.8, 4) is 11.8 Å². The number of para-hydroxylation sites is 1. The molecule has 0 amide bonds. The highest BCUT2D eigenvalue weighted by Gasteiger charge is 2.66. The van der Waals surface area contributed by atoms with E-state index in [1.807, 2.05) is 0 Å². The van der Waals surface area contributed by atoms with Crippen molar-refractivity contribution in [2.24, 2.45) is 29.6 Å². The predicted molar refractivity (Wildman–Crippen MR) is 281 cm³/mol. The van der Waals surface area contributed by atoms with Crippen molar-refractivity contribution in [3.63, 3.8) is 0 Å². The normalized spacial score (nSPS) is 39.3. The van der Waals surface area contributed by atoms with Gasteiger partial charge in [-0.25, -0.2) is 0 Å². The topological polar surface area (TPSA) is 41.7 Å². The van der Waals surface area contributed by atoms with E-state index in [9.17, 15) is 5.26 Å². The Kier molecular flexibility index (Phi) is 10.5. The van der Waals surface area contributed by atoms with Crippen molar-refractivity contribution in [2.45, 2.75) is 203 Å². The maximum atomic E-state index is 11.8. The number of aromatic nitrogens is 1. The number of rotatable bonds is 5. The third-order valence-corrected chi connectivity index (χ3v) is 21.2. The monoisotopic (exact) mass is 929 g/mol. The third kappa shape index (κ3) is 6.28. The summed E-state index contributed by atoms with van der Waals surface area (Å²) in [6, 6.07) is 16.7. The fraction of sp³-hybridized carbons (Fsp3) is 0.578. The van der Waals surface area contributed by atoms with Crippen LogP contribution >= 0.6 is 0 Å². The van der Waals surface area contributed by atoms with E-state index in [2.05, 4.69) is 128 Å². The summed E-state index contributed by atoms with van der Waals surface area (Å²) in [7, 11) is 0. The van der Waals surface area contributed by atoms with Gasteiger partial charge in [0.25, 0.3) is 0 Å². The van der Waals surface area contributed by atoms with Gasteiger partial charge in [-0.2, -0.15) is 5.26 Å². The quantitative estimate of drug-likeness (QED) is 0.280. The van der Waals surface area contributed by atoms with Crippen LogP contribution in [0.5, 0.6) is 0 Å². The zero-order valence-electron chi connectivity index (χ0n) is 42.0. The van der Waals surface area contributed by atoms with Crippen molar-refractivity contribution in [3.05, 3.63) is 141 Å². The number of nitrogens with zero attached hydrogens (tertiary/aromatic N) is 6. The van der Waals surface area contributed by atoms with Crippen LogP contribution in [0.15, 0.2) is 119 Å². The summed E-state index contributed by atoms with van der Waals surface area (Å²) in [5.74, 6) is 2.87. The van der Waals surface area contributed by atoms with Gasteiger partial charge in [0.2, 0.25) is 0 Å². The lowest BCUT2D eigenvalue weighted by molar-refractivity contribution is -0.181. The number of allylic oxidation sites excluding steroid dienone is 8. The van der Waals surface area contributed by atoms with Gasteiger partial charge in [-0.15, -0.1) is 0 Å². The van der Waals surface area contributed by atoms with Crippen molar-refractivity contribution < 1.29 is 0 Å². The van der Waals surface area contributed by atoms with E-state index in [1.165, 1.54) is 121 Å². The molecule has 6 nitrogen and oxygen atoms in total. The molecule has 6 heteroatoms. The summed E-state index contributed by atoms with van der Waals surface area (Å²) in [5.41, 5.74) is 17.3. The first-order chi connectivity index (χ1) is 34.7. The fourth-order valence-electron chi connectivity index (χ4n) is 18.7. The Hall–Kier alpha value is -4.57. The minimum absolute atomic E-state index is 0.136. The average molecular weight is 929 g/mol. The van der Waals surface area contributed by atoms with Gasteiger partial charge >= 0.3 is 0 Å². The SMILES string of the molecule is CC1CCCC2C3CCC=C4C3N(C3CC(N5C6=C(C=CCC6)C6c7c8c(n(-c9ccccc9)c7C=CC65)CCCC8)C(C#N)C=C3C3N4C(C4C=C(C5=CCCCC5)CCC4)N3C3CC=CCC3)C12. The van der Waals surface area contributed by atoms with Crippen LogP contribution in [0.3, 0.4) is 0 Å². The highest BCUT2D eigenvalue weighted by Crippen LogP contribution is 2.62. The first-order valence-electron chi connectivity index (χ1n) is 29.0. The standard InChI is InChI=1S/C64H76N6/c1-40-18-15-29-47-48-30-17-33-56-62(48)69(61(40)47)58-38-57(68-53-32-14-12-28-50(53)60-55(68)35-34-54-59(60)49-27-11-13-31-52(49)66(54)45-23-7-3-8-24-45)44(39-65)37-51(58)64-67(46-25-9-4-10-26-46)63(70(56)64)43-22-16-21-42(36-43)41-19-5-2-6-20-41/h3-4,7-9,12,19,23-24,28,33-37,40,43-44,46-48,55,57-58,60-64H,2,5-6,10-11,13-18,20-22,25-27,29-32,38H2,1H3. The van der Waals surface area contributed by atoms with Gasteiger partial charge in [0.1, 0.15) is 6.17 Å². The molecule has 4 fully saturated rings. The number of fused-ring (bicyclic) bond motifs is 14. The van der Waals surface area contributed by atoms with E-state index in [1.54, 1.807) is 50.5 Å². The molecule has 4 aliphatic heterocycles. The Bertz CT molecular complexity index is 2750. The van der Waals surface area contributed by atoms with Gasteiger partial charge < -0.3 is 14.4 Å². The fourth-order valence-corrected chi connectivity index (χ4v) is 18.7. The molecule has 0 spiro atoms. The minimum Gasteiger partial charge on any atom is -0.362 e. The first-order valence-corrected chi connectivity index (χ1v) is 29.0. The second-order valence-electron chi connectivity index (χ2n) is 24.4. The number of nitriles is 1. The minimum atomic E-state index is -0.164. The van der Waals surface area contributed by atoms with E-state index >= 15 is 0 Å². The Labute approximate surface area is 418 Å². The third-order valence-electron chi connectivity index (χ3n) is 21.2. The summed E-state index contributed by atoms with van der Waals surface area (Å²) >= 11 is 0. The molecule has 3 saturated heterocycles. The highest BCUT2D eigenvalue weighted by molar-refractivity contribution is 5.69. The Morgan fingerprint density at radius 3 is 2.49 bits per heavy atom.